The van der Waals surface area contributed by atoms with Crippen molar-refractivity contribution in [1.29, 1.82) is 0 Å². The van der Waals surface area contributed by atoms with Gasteiger partial charge in [-0.25, -0.2) is 0 Å². The summed E-state index contributed by atoms with van der Waals surface area (Å²) in [6, 6.07) is 25.8. The average molecular weight is 458 g/mol. The van der Waals surface area contributed by atoms with Crippen LogP contribution in [0.1, 0.15) is 21.9 Å². The maximum Gasteiger partial charge on any atom is 0.417 e. The van der Waals surface area contributed by atoms with Crippen LogP contribution in [0.25, 0.3) is 0 Å². The smallest absolute Gasteiger partial charge is 0.374 e. The van der Waals surface area contributed by atoms with E-state index in [2.05, 4.69) is 17.0 Å². The molecule has 3 aromatic carbocycles. The number of thioether (sulfide) groups is 1. The highest BCUT2D eigenvalue weighted by molar-refractivity contribution is 7.99. The minimum absolute atomic E-state index is 0.201. The summed E-state index contributed by atoms with van der Waals surface area (Å²) in [5.74, 6) is 0. The molecule has 3 aromatic rings. The number of benzene rings is 3. The van der Waals surface area contributed by atoms with Gasteiger partial charge in [-0.15, -0.1) is 11.8 Å². The van der Waals surface area contributed by atoms with Crippen molar-refractivity contribution in [1.82, 2.24) is 4.90 Å². The van der Waals surface area contributed by atoms with E-state index in [1.807, 2.05) is 48.5 Å². The first-order valence-corrected chi connectivity index (χ1v) is 11.6. The van der Waals surface area contributed by atoms with Gasteiger partial charge >= 0.3 is 6.18 Å². The second kappa shape index (κ2) is 10.6. The Morgan fingerprint density at radius 1 is 0.906 bits per heavy atom. The Hall–Kier alpha value is -2.28. The first-order valence-electron chi connectivity index (χ1n) is 10.8. The summed E-state index contributed by atoms with van der Waals surface area (Å²) >= 11 is 1.25. The van der Waals surface area contributed by atoms with E-state index in [4.69, 9.17) is 4.74 Å². The molecule has 6 heteroatoms. The Bertz CT molecular complexity index is 981. The minimum Gasteiger partial charge on any atom is -0.374 e. The molecule has 0 spiro atoms. The second-order valence-electron chi connectivity index (χ2n) is 7.89. The predicted molar refractivity (Wildman–Crippen MR) is 123 cm³/mol. The number of morpholine rings is 1. The van der Waals surface area contributed by atoms with E-state index >= 15 is 0 Å². The lowest BCUT2D eigenvalue weighted by Crippen LogP contribution is -2.45. The zero-order valence-corrected chi connectivity index (χ0v) is 18.5. The molecule has 0 aliphatic carbocycles. The number of hydrogen-bond acceptors (Lipinski definition) is 3. The molecule has 4 rings (SSSR count). The van der Waals surface area contributed by atoms with Gasteiger partial charge < -0.3 is 4.74 Å². The van der Waals surface area contributed by atoms with Crippen molar-refractivity contribution in [2.75, 3.05) is 26.2 Å². The van der Waals surface area contributed by atoms with Crippen LogP contribution in [0.4, 0.5) is 13.2 Å². The second-order valence-corrected chi connectivity index (χ2v) is 9.07. The zero-order valence-electron chi connectivity index (χ0n) is 17.7. The summed E-state index contributed by atoms with van der Waals surface area (Å²) in [6.45, 7) is 2.99. The van der Waals surface area contributed by atoms with E-state index in [-0.39, 0.29) is 16.2 Å². The standard InChI is InChI=1S/C26H26F3NOS/c27-26(28,29)22-13-7-8-14-24(22)32-25(21-11-5-2-6-12-21)23-19-30(17-18-31-23)16-15-20-9-3-1-4-10-20/h1-14,23,25H,15-19H2/t23-,25-/m0/s1. The van der Waals surface area contributed by atoms with Crippen LogP contribution in [0.3, 0.4) is 0 Å². The van der Waals surface area contributed by atoms with Gasteiger partial charge in [-0.3, -0.25) is 4.90 Å². The summed E-state index contributed by atoms with van der Waals surface area (Å²) in [4.78, 5) is 2.59. The van der Waals surface area contributed by atoms with Crippen LogP contribution in [-0.2, 0) is 17.3 Å². The molecule has 32 heavy (non-hydrogen) atoms. The lowest BCUT2D eigenvalue weighted by Gasteiger charge is -2.37. The summed E-state index contributed by atoms with van der Waals surface area (Å²) in [6.07, 6.45) is -3.65. The van der Waals surface area contributed by atoms with Crippen LogP contribution in [0.5, 0.6) is 0 Å². The summed E-state index contributed by atoms with van der Waals surface area (Å²) in [7, 11) is 0. The van der Waals surface area contributed by atoms with Gasteiger partial charge in [0, 0.05) is 24.5 Å². The average Bonchev–Trinajstić information content (AvgIpc) is 2.82. The fourth-order valence-electron chi connectivity index (χ4n) is 3.99. The van der Waals surface area contributed by atoms with Gasteiger partial charge in [0.05, 0.1) is 23.5 Å². The van der Waals surface area contributed by atoms with Crippen molar-refractivity contribution in [2.45, 2.75) is 28.8 Å². The van der Waals surface area contributed by atoms with Crippen molar-refractivity contribution in [3.05, 3.63) is 102 Å². The third-order valence-electron chi connectivity index (χ3n) is 5.65. The highest BCUT2D eigenvalue weighted by Crippen LogP contribution is 2.45. The first-order chi connectivity index (χ1) is 15.5. The first kappa shape index (κ1) is 22.9. The maximum absolute atomic E-state index is 13.6. The Kier molecular flexibility index (Phi) is 7.55. The summed E-state index contributed by atoms with van der Waals surface area (Å²) in [5.41, 5.74) is 1.66. The summed E-state index contributed by atoms with van der Waals surface area (Å²) in [5, 5.41) is -0.237. The van der Waals surface area contributed by atoms with E-state index in [0.29, 0.717) is 13.2 Å². The Morgan fingerprint density at radius 3 is 2.28 bits per heavy atom. The number of ether oxygens (including phenoxy) is 1. The molecule has 0 saturated carbocycles. The molecule has 1 fully saturated rings. The van der Waals surface area contributed by atoms with Crippen LogP contribution in [-0.4, -0.2) is 37.2 Å². The summed E-state index contributed by atoms with van der Waals surface area (Å²) < 4.78 is 47.0. The molecule has 0 amide bonds. The Balaban J connectivity index is 1.53. The Labute approximate surface area is 191 Å². The van der Waals surface area contributed by atoms with E-state index in [0.717, 1.165) is 31.1 Å². The fraction of sp³-hybridized carbons (Fsp3) is 0.308. The molecule has 2 atom stereocenters. The molecule has 0 radical (unpaired) electrons. The predicted octanol–water partition coefficient (Wildman–Crippen LogP) is 6.48. The van der Waals surface area contributed by atoms with Gasteiger partial charge in [0.25, 0.3) is 0 Å². The van der Waals surface area contributed by atoms with Crippen LogP contribution >= 0.6 is 11.8 Å². The topological polar surface area (TPSA) is 12.5 Å². The molecule has 1 aliphatic heterocycles. The third kappa shape index (κ3) is 5.94. The highest BCUT2D eigenvalue weighted by Gasteiger charge is 2.36. The normalized spacial score (nSPS) is 18.4. The lowest BCUT2D eigenvalue weighted by atomic mass is 10.1. The van der Waals surface area contributed by atoms with Gasteiger partial charge in [-0.2, -0.15) is 13.2 Å². The lowest BCUT2D eigenvalue weighted by molar-refractivity contribution is -0.139. The molecule has 1 heterocycles. The fourth-order valence-corrected chi connectivity index (χ4v) is 5.34. The Morgan fingerprint density at radius 2 is 1.56 bits per heavy atom. The number of halogens is 3. The SMILES string of the molecule is FC(F)(F)c1ccccc1S[C@@H](c1ccccc1)[C@@H]1CN(CCc2ccccc2)CCO1. The van der Waals surface area contributed by atoms with Crippen molar-refractivity contribution >= 4 is 11.8 Å². The number of rotatable bonds is 7. The van der Waals surface area contributed by atoms with Crippen molar-refractivity contribution in [2.24, 2.45) is 0 Å². The molecule has 0 aromatic heterocycles. The number of alkyl halides is 3. The number of nitrogens with zero attached hydrogens (tertiary/aromatic N) is 1. The largest absolute Gasteiger partial charge is 0.417 e. The van der Waals surface area contributed by atoms with E-state index in [1.165, 1.54) is 23.4 Å². The van der Waals surface area contributed by atoms with Crippen LogP contribution < -0.4 is 0 Å². The van der Waals surface area contributed by atoms with Gasteiger partial charge in [-0.1, -0.05) is 72.8 Å². The van der Waals surface area contributed by atoms with Gasteiger partial charge in [0.15, 0.2) is 0 Å². The molecule has 2 nitrogen and oxygen atoms in total. The van der Waals surface area contributed by atoms with Crippen molar-refractivity contribution < 1.29 is 17.9 Å². The van der Waals surface area contributed by atoms with Crippen LogP contribution in [0, 0.1) is 0 Å². The molecular formula is C26H26F3NOS. The molecule has 1 aliphatic rings. The highest BCUT2D eigenvalue weighted by atomic mass is 32.2. The van der Waals surface area contributed by atoms with E-state index in [1.54, 1.807) is 12.1 Å². The van der Waals surface area contributed by atoms with Gasteiger partial charge in [-0.05, 0) is 29.7 Å². The monoisotopic (exact) mass is 457 g/mol. The molecular weight excluding hydrogens is 431 g/mol. The van der Waals surface area contributed by atoms with Gasteiger partial charge in [0.2, 0.25) is 0 Å². The van der Waals surface area contributed by atoms with Crippen LogP contribution in [0.15, 0.2) is 89.8 Å². The van der Waals surface area contributed by atoms with E-state index in [9.17, 15) is 13.2 Å². The van der Waals surface area contributed by atoms with E-state index < -0.39 is 11.7 Å². The van der Waals surface area contributed by atoms with Crippen molar-refractivity contribution in [3.63, 3.8) is 0 Å². The van der Waals surface area contributed by atoms with Crippen molar-refractivity contribution in [3.8, 4) is 0 Å². The van der Waals surface area contributed by atoms with Gasteiger partial charge in [0.1, 0.15) is 0 Å². The molecule has 0 N–H and O–H groups in total. The molecule has 0 unspecified atom stereocenters. The molecule has 0 bridgehead atoms. The molecule has 1 saturated heterocycles. The minimum atomic E-state index is -4.39. The van der Waals surface area contributed by atoms with Crippen LogP contribution in [0.2, 0.25) is 0 Å². The number of hydrogen-bond donors (Lipinski definition) is 0. The molecule has 168 valence electrons. The third-order valence-corrected chi connectivity index (χ3v) is 7.09. The maximum atomic E-state index is 13.6. The zero-order chi connectivity index (χ0) is 22.4. The quantitative estimate of drug-likeness (QED) is 0.377.